The number of carbonyl (C=O) groups excluding carboxylic acids is 2. The molecule has 0 aliphatic rings. The van der Waals surface area contributed by atoms with E-state index in [1.165, 1.54) is 29.8 Å². The Morgan fingerprint density at radius 2 is 1.84 bits per heavy atom. The number of phenols is 1. The maximum absolute atomic E-state index is 12.9. The Hall–Kier alpha value is -4.24. The number of rotatable bonds is 6. The Bertz CT molecular complexity index is 1740. The van der Waals surface area contributed by atoms with Gasteiger partial charge in [-0.05, 0) is 29.7 Å². The largest absolute Gasteiger partial charge is 0.507 e. The molecule has 0 spiro atoms. The molecule has 2 amide bonds. The number of benzene rings is 3. The van der Waals surface area contributed by atoms with E-state index in [-0.39, 0.29) is 31.7 Å². The van der Waals surface area contributed by atoms with E-state index < -0.39 is 21.7 Å². The van der Waals surface area contributed by atoms with Crippen molar-refractivity contribution >= 4 is 67.3 Å². The average Bonchev–Trinajstić information content (AvgIpc) is 3.27. The van der Waals surface area contributed by atoms with Crippen LogP contribution in [0.1, 0.15) is 31.2 Å². The highest BCUT2D eigenvalue weighted by atomic mass is 35.5. The number of fused-ring (bicyclic) bond motifs is 1. The molecule has 1 aromatic heterocycles. The zero-order chi connectivity index (χ0) is 26.7. The number of aromatic hydroxyl groups is 1. The van der Waals surface area contributed by atoms with Gasteiger partial charge in [-0.2, -0.15) is 10.4 Å². The molecule has 186 valence electrons. The predicted octanol–water partition coefficient (Wildman–Crippen LogP) is 4.55. The van der Waals surface area contributed by atoms with Crippen LogP contribution in [0.15, 0.2) is 70.0 Å². The van der Waals surface area contributed by atoms with Crippen molar-refractivity contribution < 1.29 is 23.1 Å². The highest BCUT2D eigenvalue weighted by Crippen LogP contribution is 2.33. The van der Waals surface area contributed by atoms with E-state index in [9.17, 15) is 23.1 Å². The standard InChI is InChI=1S/C25H17ClN4O5S2/c1-37(34,35)21-13-36-23(22(21)26)25(33)29-19-8-6-15(17-4-2-3-5-18(17)19)12-28-30-24(32)14-7-9-20(31)16(10-14)11-27/h2-10,12-13,31H,1H3,(H,29,33)(H,30,32). The summed E-state index contributed by atoms with van der Waals surface area (Å²) in [6, 6.07) is 16.2. The minimum Gasteiger partial charge on any atom is -0.507 e. The molecule has 0 aliphatic carbocycles. The van der Waals surface area contributed by atoms with Crippen molar-refractivity contribution in [2.45, 2.75) is 4.90 Å². The first kappa shape index (κ1) is 25.8. The average molecular weight is 553 g/mol. The highest BCUT2D eigenvalue weighted by molar-refractivity contribution is 7.91. The maximum Gasteiger partial charge on any atom is 0.271 e. The van der Waals surface area contributed by atoms with E-state index >= 15 is 0 Å². The molecule has 0 fully saturated rings. The lowest BCUT2D eigenvalue weighted by atomic mass is 10.0. The van der Waals surface area contributed by atoms with Gasteiger partial charge in [0.15, 0.2) is 9.84 Å². The molecule has 0 bridgehead atoms. The molecule has 0 atom stereocenters. The van der Waals surface area contributed by atoms with Crippen LogP contribution >= 0.6 is 22.9 Å². The maximum atomic E-state index is 12.9. The molecule has 37 heavy (non-hydrogen) atoms. The SMILES string of the molecule is CS(=O)(=O)c1csc(C(=O)Nc2ccc(C=NNC(=O)c3ccc(O)c(C#N)c3)c3ccccc23)c1Cl. The first-order valence-corrected chi connectivity index (χ1v) is 13.6. The van der Waals surface area contributed by atoms with Crippen molar-refractivity contribution in [1.82, 2.24) is 5.43 Å². The van der Waals surface area contributed by atoms with Crippen molar-refractivity contribution in [1.29, 1.82) is 5.26 Å². The Balaban J connectivity index is 1.57. The smallest absolute Gasteiger partial charge is 0.271 e. The number of nitrogens with zero attached hydrogens (tertiary/aromatic N) is 2. The number of carbonyl (C=O) groups is 2. The molecule has 0 saturated heterocycles. The van der Waals surface area contributed by atoms with E-state index in [0.29, 0.717) is 16.6 Å². The molecule has 3 aromatic carbocycles. The number of thiophene rings is 1. The van der Waals surface area contributed by atoms with Crippen LogP contribution < -0.4 is 10.7 Å². The zero-order valence-electron chi connectivity index (χ0n) is 19.0. The number of hydrazone groups is 1. The number of hydrogen-bond acceptors (Lipinski definition) is 8. The van der Waals surface area contributed by atoms with Gasteiger partial charge in [0.25, 0.3) is 11.8 Å². The number of hydrogen-bond donors (Lipinski definition) is 3. The summed E-state index contributed by atoms with van der Waals surface area (Å²) in [5.41, 5.74) is 3.62. The second-order valence-corrected chi connectivity index (χ2v) is 11.0. The lowest BCUT2D eigenvalue weighted by Crippen LogP contribution is -2.17. The molecule has 3 N–H and O–H groups in total. The second-order valence-electron chi connectivity index (χ2n) is 7.76. The third-order valence-corrected chi connectivity index (χ3v) is 8.13. The minimum atomic E-state index is -3.57. The summed E-state index contributed by atoms with van der Waals surface area (Å²) in [6.45, 7) is 0. The molecule has 0 saturated carbocycles. The number of anilines is 1. The van der Waals surface area contributed by atoms with Crippen molar-refractivity contribution in [3.05, 3.63) is 86.6 Å². The predicted molar refractivity (Wildman–Crippen MR) is 142 cm³/mol. The first-order valence-electron chi connectivity index (χ1n) is 10.5. The van der Waals surface area contributed by atoms with Crippen LogP contribution in [0.4, 0.5) is 5.69 Å². The van der Waals surface area contributed by atoms with E-state index in [2.05, 4.69) is 15.8 Å². The van der Waals surface area contributed by atoms with Gasteiger partial charge in [0.05, 0.1) is 21.7 Å². The van der Waals surface area contributed by atoms with E-state index in [1.54, 1.807) is 36.4 Å². The van der Waals surface area contributed by atoms with Gasteiger partial charge in [0.1, 0.15) is 16.7 Å². The topological polar surface area (TPSA) is 149 Å². The highest BCUT2D eigenvalue weighted by Gasteiger charge is 2.22. The molecule has 9 nitrogen and oxygen atoms in total. The fraction of sp³-hybridized carbons (Fsp3) is 0.0400. The Kier molecular flexibility index (Phi) is 7.26. The third kappa shape index (κ3) is 5.46. The summed E-state index contributed by atoms with van der Waals surface area (Å²) in [4.78, 5) is 25.2. The van der Waals surface area contributed by atoms with Gasteiger partial charge in [0.2, 0.25) is 0 Å². The van der Waals surface area contributed by atoms with Crippen LogP contribution in [0.3, 0.4) is 0 Å². The van der Waals surface area contributed by atoms with Gasteiger partial charge in [-0.3, -0.25) is 9.59 Å². The fourth-order valence-electron chi connectivity index (χ4n) is 3.45. The van der Waals surface area contributed by atoms with Crippen LogP contribution in [-0.2, 0) is 9.84 Å². The summed E-state index contributed by atoms with van der Waals surface area (Å²) < 4.78 is 23.7. The lowest BCUT2D eigenvalue weighted by Gasteiger charge is -2.10. The monoisotopic (exact) mass is 552 g/mol. The Morgan fingerprint density at radius 3 is 2.51 bits per heavy atom. The summed E-state index contributed by atoms with van der Waals surface area (Å²) in [5.74, 6) is -1.34. The van der Waals surface area contributed by atoms with Crippen LogP contribution in [0.5, 0.6) is 5.75 Å². The fourth-order valence-corrected chi connectivity index (χ4v) is 6.26. The molecule has 4 rings (SSSR count). The number of nitrogens with one attached hydrogen (secondary N) is 2. The summed E-state index contributed by atoms with van der Waals surface area (Å²) in [7, 11) is -3.57. The Labute approximate surface area is 220 Å². The first-order chi connectivity index (χ1) is 17.6. The molecule has 0 aliphatic heterocycles. The molecule has 12 heteroatoms. The van der Waals surface area contributed by atoms with E-state index in [1.807, 2.05) is 6.07 Å². The third-order valence-electron chi connectivity index (χ3n) is 5.26. The molecule has 0 radical (unpaired) electrons. The summed E-state index contributed by atoms with van der Waals surface area (Å²) in [5, 5.41) is 28.0. The molecule has 4 aromatic rings. The molecular formula is C25H17ClN4O5S2. The molecular weight excluding hydrogens is 536 g/mol. The number of phenolic OH excluding ortho intramolecular Hbond substituents is 1. The summed E-state index contributed by atoms with van der Waals surface area (Å²) >= 11 is 7.09. The Morgan fingerprint density at radius 1 is 1.11 bits per heavy atom. The van der Waals surface area contributed by atoms with Crippen LogP contribution in [0, 0.1) is 11.3 Å². The van der Waals surface area contributed by atoms with E-state index in [4.69, 9.17) is 16.9 Å². The number of sulfone groups is 1. The lowest BCUT2D eigenvalue weighted by molar-refractivity contribution is 0.0954. The van der Waals surface area contributed by atoms with Crippen molar-refractivity contribution in [2.75, 3.05) is 11.6 Å². The zero-order valence-corrected chi connectivity index (χ0v) is 21.4. The number of halogens is 1. The molecule has 0 unspecified atom stereocenters. The van der Waals surface area contributed by atoms with E-state index in [0.717, 1.165) is 23.0 Å². The van der Waals surface area contributed by atoms with Gasteiger partial charge in [-0.15, -0.1) is 11.3 Å². The van der Waals surface area contributed by atoms with Crippen LogP contribution in [0.2, 0.25) is 5.02 Å². The van der Waals surface area contributed by atoms with Crippen molar-refractivity contribution in [3.63, 3.8) is 0 Å². The van der Waals surface area contributed by atoms with Crippen LogP contribution in [-0.4, -0.2) is 37.8 Å². The van der Waals surface area contributed by atoms with Gasteiger partial charge in [-0.25, -0.2) is 13.8 Å². The summed E-state index contributed by atoms with van der Waals surface area (Å²) in [6.07, 6.45) is 2.46. The number of amides is 2. The normalized spacial score (nSPS) is 11.4. The number of nitriles is 1. The quantitative estimate of drug-likeness (QED) is 0.236. The minimum absolute atomic E-state index is 0.0309. The van der Waals surface area contributed by atoms with Gasteiger partial charge in [-0.1, -0.05) is 41.9 Å². The van der Waals surface area contributed by atoms with Crippen LogP contribution in [0.25, 0.3) is 10.8 Å². The van der Waals surface area contributed by atoms with Gasteiger partial charge < -0.3 is 10.4 Å². The van der Waals surface area contributed by atoms with Gasteiger partial charge >= 0.3 is 0 Å². The second kappa shape index (κ2) is 10.4. The van der Waals surface area contributed by atoms with Gasteiger partial charge in [0, 0.05) is 33.8 Å². The molecule has 1 heterocycles. The van der Waals surface area contributed by atoms with Crippen molar-refractivity contribution in [2.24, 2.45) is 5.10 Å². The van der Waals surface area contributed by atoms with Crippen molar-refractivity contribution in [3.8, 4) is 11.8 Å².